The Morgan fingerprint density at radius 2 is 1.57 bits per heavy atom. The highest BCUT2D eigenvalue weighted by Crippen LogP contribution is 2.37. The highest BCUT2D eigenvalue weighted by atomic mass is 35.5. The van der Waals surface area contributed by atoms with Crippen LogP contribution in [0.3, 0.4) is 0 Å². The van der Waals surface area contributed by atoms with E-state index in [0.29, 0.717) is 28.9 Å². The van der Waals surface area contributed by atoms with Gasteiger partial charge in [0, 0.05) is 36.1 Å². The number of hydrogen-bond donors (Lipinski definition) is 3. The van der Waals surface area contributed by atoms with Crippen molar-refractivity contribution in [2.24, 2.45) is 0 Å². The second-order valence-electron chi connectivity index (χ2n) is 9.00. The van der Waals surface area contributed by atoms with Gasteiger partial charge in [0.05, 0.1) is 17.0 Å². The van der Waals surface area contributed by atoms with Crippen LogP contribution in [0, 0.1) is 17.5 Å². The number of carboxylic acids is 1. The van der Waals surface area contributed by atoms with E-state index in [-0.39, 0.29) is 46.9 Å². The Labute approximate surface area is 240 Å². The lowest BCUT2D eigenvalue weighted by molar-refractivity contribution is -0.140. The maximum absolute atomic E-state index is 14.2. The molecule has 0 saturated carbocycles. The fraction of sp³-hybridized carbons (Fsp3) is 0.138. The molecule has 3 aromatic carbocycles. The molecule has 3 N–H and O–H groups in total. The first-order chi connectivity index (χ1) is 19.8. The van der Waals surface area contributed by atoms with E-state index in [2.05, 4.69) is 15.6 Å². The van der Waals surface area contributed by atoms with Gasteiger partial charge in [0.25, 0.3) is 5.91 Å². The number of nitrogens with zero attached hydrogens (tertiary/aromatic N) is 1. The predicted molar refractivity (Wildman–Crippen MR) is 143 cm³/mol. The first-order valence-electron chi connectivity index (χ1n) is 12.2. The molecule has 42 heavy (non-hydrogen) atoms. The van der Waals surface area contributed by atoms with Crippen molar-refractivity contribution in [1.29, 1.82) is 0 Å². The number of nitrogens with one attached hydrogen (secondary N) is 2. The third-order valence-electron chi connectivity index (χ3n) is 6.11. The van der Waals surface area contributed by atoms with Crippen molar-refractivity contribution >= 4 is 29.2 Å². The molecule has 0 bridgehead atoms. The number of anilines is 1. The molecule has 0 radical (unpaired) electrons. The van der Waals surface area contributed by atoms with E-state index in [0.717, 1.165) is 12.1 Å². The molecule has 0 spiro atoms. The zero-order valence-corrected chi connectivity index (χ0v) is 22.1. The lowest BCUT2D eigenvalue weighted by atomic mass is 9.99. The maximum atomic E-state index is 14.2. The minimum atomic E-state index is -4.89. The number of rotatable bonds is 9. The monoisotopic (exact) mass is 607 g/mol. The molecule has 1 heterocycles. The molecule has 0 saturated heterocycles. The van der Waals surface area contributed by atoms with Gasteiger partial charge in [-0.25, -0.2) is 13.2 Å². The van der Waals surface area contributed by atoms with Crippen LogP contribution in [0.5, 0.6) is 0 Å². The molecule has 0 aliphatic heterocycles. The van der Waals surface area contributed by atoms with E-state index in [9.17, 15) is 35.9 Å². The van der Waals surface area contributed by atoms with Crippen LogP contribution in [0.25, 0.3) is 22.3 Å². The molecule has 0 atom stereocenters. The standard InChI is InChI=1S/C29H20ClF6N3O3/c30-22-11-18(3-4-19(22)15-1-5-23(31)21(9-15)29(34,35)36)38-14-17-10-24(32)25(33)12-20(17)16-2-6-26(39-13-16)28(42)37-8-7-27(40)41/h1-6,9-13,38H,7-8,14H2,(H,37,42)(H,40,41). The van der Waals surface area contributed by atoms with Crippen molar-refractivity contribution in [3.05, 3.63) is 106 Å². The average Bonchev–Trinajstić information content (AvgIpc) is 2.93. The average molecular weight is 608 g/mol. The highest BCUT2D eigenvalue weighted by molar-refractivity contribution is 6.33. The number of hydrogen-bond acceptors (Lipinski definition) is 4. The van der Waals surface area contributed by atoms with Crippen molar-refractivity contribution in [3.63, 3.8) is 0 Å². The quantitative estimate of drug-likeness (QED) is 0.173. The minimum absolute atomic E-state index is 0.00959. The van der Waals surface area contributed by atoms with Crippen molar-refractivity contribution in [2.45, 2.75) is 19.1 Å². The van der Waals surface area contributed by atoms with Crippen molar-refractivity contribution in [2.75, 3.05) is 11.9 Å². The zero-order chi connectivity index (χ0) is 30.6. The van der Waals surface area contributed by atoms with Crippen LogP contribution < -0.4 is 10.6 Å². The van der Waals surface area contributed by atoms with Gasteiger partial charge in [0.2, 0.25) is 0 Å². The second-order valence-corrected chi connectivity index (χ2v) is 9.40. The van der Waals surface area contributed by atoms with Gasteiger partial charge >= 0.3 is 12.1 Å². The summed E-state index contributed by atoms with van der Waals surface area (Å²) in [6.07, 6.45) is -3.87. The van der Waals surface area contributed by atoms with Crippen molar-refractivity contribution in [1.82, 2.24) is 10.3 Å². The fourth-order valence-electron chi connectivity index (χ4n) is 4.03. The van der Waals surface area contributed by atoms with Gasteiger partial charge in [0.1, 0.15) is 11.5 Å². The highest BCUT2D eigenvalue weighted by Gasteiger charge is 2.34. The van der Waals surface area contributed by atoms with E-state index in [4.69, 9.17) is 16.7 Å². The van der Waals surface area contributed by atoms with Crippen LogP contribution in [0.2, 0.25) is 5.02 Å². The number of halogens is 7. The number of aromatic nitrogens is 1. The molecular formula is C29H20ClF6N3O3. The lowest BCUT2D eigenvalue weighted by Crippen LogP contribution is -2.26. The Hall–Kier alpha value is -4.58. The van der Waals surface area contributed by atoms with Gasteiger partial charge in [-0.3, -0.25) is 14.6 Å². The molecule has 6 nitrogen and oxygen atoms in total. The zero-order valence-electron chi connectivity index (χ0n) is 21.3. The number of pyridine rings is 1. The molecule has 1 amide bonds. The van der Waals surface area contributed by atoms with Gasteiger partial charge in [-0.15, -0.1) is 0 Å². The van der Waals surface area contributed by atoms with Gasteiger partial charge in [-0.1, -0.05) is 29.8 Å². The first-order valence-corrected chi connectivity index (χ1v) is 12.6. The lowest BCUT2D eigenvalue weighted by Gasteiger charge is -2.15. The molecule has 218 valence electrons. The molecule has 4 aromatic rings. The summed E-state index contributed by atoms with van der Waals surface area (Å²) in [6, 6.07) is 11.7. The van der Waals surface area contributed by atoms with E-state index in [1.54, 1.807) is 0 Å². The summed E-state index contributed by atoms with van der Waals surface area (Å²) in [4.78, 5) is 26.8. The van der Waals surface area contributed by atoms with E-state index < -0.39 is 41.1 Å². The maximum Gasteiger partial charge on any atom is 0.419 e. The molecule has 0 fully saturated rings. The van der Waals surface area contributed by atoms with Crippen molar-refractivity contribution < 1.29 is 41.0 Å². The van der Waals surface area contributed by atoms with Gasteiger partial charge < -0.3 is 15.7 Å². The number of amides is 1. The van der Waals surface area contributed by atoms with E-state index in [1.165, 1.54) is 42.6 Å². The molecule has 0 aliphatic carbocycles. The molecule has 13 heteroatoms. The Balaban J connectivity index is 1.53. The number of benzene rings is 3. The second kappa shape index (κ2) is 12.5. The first kappa shape index (κ1) is 30.4. The summed E-state index contributed by atoms with van der Waals surface area (Å²) in [5, 5.41) is 14.1. The van der Waals surface area contributed by atoms with Crippen LogP contribution in [0.15, 0.2) is 66.9 Å². The molecular weight excluding hydrogens is 588 g/mol. The minimum Gasteiger partial charge on any atom is -0.481 e. The molecule has 0 unspecified atom stereocenters. The Morgan fingerprint density at radius 1 is 0.857 bits per heavy atom. The summed E-state index contributed by atoms with van der Waals surface area (Å²) in [5.41, 5.74) is 0.176. The number of alkyl halides is 3. The van der Waals surface area contributed by atoms with Crippen LogP contribution in [-0.2, 0) is 17.5 Å². The number of carboxylic acid groups (broad SMARTS) is 1. The number of carbonyl (C=O) groups is 2. The third-order valence-corrected chi connectivity index (χ3v) is 6.43. The Morgan fingerprint density at radius 3 is 2.21 bits per heavy atom. The molecule has 0 aliphatic rings. The number of carbonyl (C=O) groups excluding carboxylic acids is 1. The molecule has 1 aromatic heterocycles. The summed E-state index contributed by atoms with van der Waals surface area (Å²) in [7, 11) is 0. The van der Waals surface area contributed by atoms with E-state index in [1.807, 2.05) is 0 Å². The van der Waals surface area contributed by atoms with Crippen LogP contribution >= 0.6 is 11.6 Å². The largest absolute Gasteiger partial charge is 0.481 e. The number of aliphatic carboxylic acids is 1. The third kappa shape index (κ3) is 7.19. The van der Waals surface area contributed by atoms with Gasteiger partial charge in [-0.05, 0) is 59.2 Å². The fourth-order valence-corrected chi connectivity index (χ4v) is 4.32. The van der Waals surface area contributed by atoms with Crippen LogP contribution in [0.4, 0.5) is 32.0 Å². The summed E-state index contributed by atoms with van der Waals surface area (Å²) >= 11 is 6.32. The summed E-state index contributed by atoms with van der Waals surface area (Å²) < 4.78 is 81.4. The SMILES string of the molecule is O=C(O)CCNC(=O)c1ccc(-c2cc(F)c(F)cc2CNc2ccc(-c3ccc(F)c(C(F)(F)F)c3)c(Cl)c2)cn1. The van der Waals surface area contributed by atoms with Crippen LogP contribution in [-0.4, -0.2) is 28.5 Å². The summed E-state index contributed by atoms with van der Waals surface area (Å²) in [6.45, 7) is -0.130. The van der Waals surface area contributed by atoms with Crippen molar-refractivity contribution in [3.8, 4) is 22.3 Å². The van der Waals surface area contributed by atoms with E-state index >= 15 is 0 Å². The topological polar surface area (TPSA) is 91.3 Å². The normalized spacial score (nSPS) is 11.3. The van der Waals surface area contributed by atoms with Gasteiger partial charge in [-0.2, -0.15) is 13.2 Å². The van der Waals surface area contributed by atoms with Gasteiger partial charge in [0.15, 0.2) is 11.6 Å². The Bertz CT molecular complexity index is 1650. The Kier molecular flexibility index (Phi) is 9.05. The molecule has 4 rings (SSSR count). The smallest absolute Gasteiger partial charge is 0.419 e. The van der Waals surface area contributed by atoms with Crippen LogP contribution in [0.1, 0.15) is 28.0 Å². The predicted octanol–water partition coefficient (Wildman–Crippen LogP) is 7.32. The summed E-state index contributed by atoms with van der Waals surface area (Å²) in [5.74, 6) is -5.32.